The Kier molecular flexibility index (Phi) is 4.85. The van der Waals surface area contributed by atoms with Crippen LogP contribution in [0.5, 0.6) is 0 Å². The zero-order valence-corrected chi connectivity index (χ0v) is 11.3. The van der Waals surface area contributed by atoms with E-state index in [-0.39, 0.29) is 24.2 Å². The average Bonchev–Trinajstić information content (AvgIpc) is 2.91. The molecule has 0 aliphatic rings. The number of hydrogen-bond acceptors (Lipinski definition) is 3. The lowest BCUT2D eigenvalue weighted by atomic mass is 10.1. The van der Waals surface area contributed by atoms with Gasteiger partial charge in [0.2, 0.25) is 0 Å². The third kappa shape index (κ3) is 4.61. The highest BCUT2D eigenvalue weighted by atomic mass is 19.4. The van der Waals surface area contributed by atoms with Crippen molar-refractivity contribution in [3.8, 4) is 11.3 Å². The summed E-state index contributed by atoms with van der Waals surface area (Å²) in [5.74, 6) is -0.770. The topological polar surface area (TPSA) is 39.4 Å². The van der Waals surface area contributed by atoms with Crippen molar-refractivity contribution < 1.29 is 31.5 Å². The van der Waals surface area contributed by atoms with Gasteiger partial charge >= 0.3 is 12.1 Å². The van der Waals surface area contributed by atoms with Crippen molar-refractivity contribution >= 4 is 5.97 Å². The summed E-state index contributed by atoms with van der Waals surface area (Å²) in [4.78, 5) is 11.2. The van der Waals surface area contributed by atoms with Crippen LogP contribution in [0.4, 0.5) is 17.6 Å². The molecule has 2 aromatic rings. The number of benzene rings is 1. The Labute approximate surface area is 123 Å². The number of carbonyl (C=O) groups is 1. The Hall–Kier alpha value is -2.31. The van der Waals surface area contributed by atoms with E-state index in [2.05, 4.69) is 4.74 Å². The molecule has 0 unspecified atom stereocenters. The van der Waals surface area contributed by atoms with Gasteiger partial charge in [-0.05, 0) is 24.3 Å². The van der Waals surface area contributed by atoms with Crippen LogP contribution in [0.15, 0.2) is 40.8 Å². The maximum atomic E-state index is 13.6. The van der Waals surface area contributed by atoms with Crippen molar-refractivity contribution in [3.63, 3.8) is 0 Å². The predicted molar refractivity (Wildman–Crippen MR) is 69.4 cm³/mol. The minimum absolute atomic E-state index is 0.0745. The highest BCUT2D eigenvalue weighted by Gasteiger charge is 2.29. The molecular formula is C15H12F4O3. The molecule has 0 atom stereocenters. The fourth-order valence-electron chi connectivity index (χ4n) is 1.78. The fourth-order valence-corrected chi connectivity index (χ4v) is 1.78. The monoisotopic (exact) mass is 316 g/mol. The van der Waals surface area contributed by atoms with Crippen molar-refractivity contribution in [2.75, 3.05) is 6.61 Å². The van der Waals surface area contributed by atoms with E-state index in [1.54, 1.807) is 18.2 Å². The Balaban J connectivity index is 1.90. The van der Waals surface area contributed by atoms with Gasteiger partial charge in [-0.3, -0.25) is 4.79 Å². The number of halogens is 4. The van der Waals surface area contributed by atoms with Crippen LogP contribution < -0.4 is 0 Å². The summed E-state index contributed by atoms with van der Waals surface area (Å²) in [5.41, 5.74) is 0.272. The Morgan fingerprint density at radius 1 is 1.14 bits per heavy atom. The molecule has 1 aromatic carbocycles. The number of ether oxygens (including phenoxy) is 1. The molecule has 7 heteroatoms. The third-order valence-electron chi connectivity index (χ3n) is 2.77. The first-order valence-electron chi connectivity index (χ1n) is 6.41. The molecule has 0 saturated carbocycles. The summed E-state index contributed by atoms with van der Waals surface area (Å²) >= 11 is 0. The first-order valence-corrected chi connectivity index (χ1v) is 6.41. The molecule has 2 rings (SSSR count). The quantitative estimate of drug-likeness (QED) is 0.615. The Morgan fingerprint density at radius 2 is 1.86 bits per heavy atom. The van der Waals surface area contributed by atoms with Crippen LogP contribution in [0, 0.1) is 5.82 Å². The van der Waals surface area contributed by atoms with Crippen LogP contribution in [0.2, 0.25) is 0 Å². The second-order valence-corrected chi connectivity index (χ2v) is 4.52. The van der Waals surface area contributed by atoms with Gasteiger partial charge in [0.25, 0.3) is 0 Å². The zero-order chi connectivity index (χ0) is 16.2. The van der Waals surface area contributed by atoms with Crippen LogP contribution in [0.3, 0.4) is 0 Å². The first kappa shape index (κ1) is 16.1. The highest BCUT2D eigenvalue weighted by molar-refractivity contribution is 5.69. The standard InChI is InChI=1S/C15H12F4O3/c16-12-4-2-1-3-11(12)13-7-5-10(22-13)6-8-14(20)21-9-15(17,18)19/h1-5,7H,6,8-9H2. The molecular weight excluding hydrogens is 304 g/mol. The van der Waals surface area contributed by atoms with Crippen LogP contribution in [-0.4, -0.2) is 18.8 Å². The number of alkyl halides is 3. The normalized spacial score (nSPS) is 11.5. The fraction of sp³-hybridized carbons (Fsp3) is 0.267. The minimum Gasteiger partial charge on any atom is -0.461 e. The maximum absolute atomic E-state index is 13.6. The van der Waals surface area contributed by atoms with Gasteiger partial charge in [0.15, 0.2) is 6.61 Å². The van der Waals surface area contributed by atoms with E-state index in [9.17, 15) is 22.4 Å². The molecule has 22 heavy (non-hydrogen) atoms. The molecule has 0 aliphatic heterocycles. The van der Waals surface area contributed by atoms with E-state index in [0.717, 1.165) is 0 Å². The largest absolute Gasteiger partial charge is 0.461 e. The number of rotatable bonds is 5. The predicted octanol–water partition coefficient (Wildman–Crippen LogP) is 4.12. The summed E-state index contributed by atoms with van der Waals surface area (Å²) in [6.45, 7) is -1.61. The lowest BCUT2D eigenvalue weighted by molar-refractivity contribution is -0.186. The molecule has 0 bridgehead atoms. The first-order chi connectivity index (χ1) is 10.3. The van der Waals surface area contributed by atoms with E-state index in [1.807, 2.05) is 0 Å². The van der Waals surface area contributed by atoms with E-state index in [1.165, 1.54) is 18.2 Å². The van der Waals surface area contributed by atoms with Gasteiger partial charge < -0.3 is 9.15 Å². The molecule has 0 aliphatic carbocycles. The van der Waals surface area contributed by atoms with Crippen LogP contribution in [0.1, 0.15) is 12.2 Å². The second kappa shape index (κ2) is 6.64. The highest BCUT2D eigenvalue weighted by Crippen LogP contribution is 2.25. The minimum atomic E-state index is -4.54. The molecule has 0 radical (unpaired) electrons. The lowest BCUT2D eigenvalue weighted by Gasteiger charge is -2.07. The number of hydrogen-bond donors (Lipinski definition) is 0. The molecule has 0 spiro atoms. The lowest BCUT2D eigenvalue weighted by Crippen LogP contribution is -2.20. The van der Waals surface area contributed by atoms with Crippen molar-refractivity contribution in [1.82, 2.24) is 0 Å². The van der Waals surface area contributed by atoms with Gasteiger partial charge in [-0.15, -0.1) is 0 Å². The smallest absolute Gasteiger partial charge is 0.422 e. The number of furan rings is 1. The third-order valence-corrected chi connectivity index (χ3v) is 2.77. The summed E-state index contributed by atoms with van der Waals surface area (Å²) < 4.78 is 58.7. The molecule has 3 nitrogen and oxygen atoms in total. The Morgan fingerprint density at radius 3 is 2.55 bits per heavy atom. The number of carbonyl (C=O) groups excluding carboxylic acids is 1. The van der Waals surface area contributed by atoms with E-state index < -0.39 is 24.6 Å². The average molecular weight is 316 g/mol. The van der Waals surface area contributed by atoms with Gasteiger partial charge in [0.1, 0.15) is 17.3 Å². The summed E-state index contributed by atoms with van der Waals surface area (Å²) in [7, 11) is 0. The van der Waals surface area contributed by atoms with Crippen LogP contribution >= 0.6 is 0 Å². The van der Waals surface area contributed by atoms with Gasteiger partial charge in [0.05, 0.1) is 12.0 Å². The molecule has 0 amide bonds. The molecule has 0 saturated heterocycles. The van der Waals surface area contributed by atoms with Crippen molar-refractivity contribution in [2.24, 2.45) is 0 Å². The van der Waals surface area contributed by atoms with Crippen molar-refractivity contribution in [3.05, 3.63) is 48.0 Å². The summed E-state index contributed by atoms with van der Waals surface area (Å²) in [5, 5.41) is 0. The molecule has 0 fully saturated rings. The van der Waals surface area contributed by atoms with Crippen LogP contribution in [-0.2, 0) is 16.0 Å². The second-order valence-electron chi connectivity index (χ2n) is 4.52. The van der Waals surface area contributed by atoms with Crippen molar-refractivity contribution in [1.29, 1.82) is 0 Å². The van der Waals surface area contributed by atoms with E-state index in [0.29, 0.717) is 5.76 Å². The van der Waals surface area contributed by atoms with Crippen LogP contribution in [0.25, 0.3) is 11.3 Å². The summed E-state index contributed by atoms with van der Waals surface area (Å²) in [6.07, 6.45) is -4.72. The van der Waals surface area contributed by atoms with Gasteiger partial charge in [-0.2, -0.15) is 13.2 Å². The zero-order valence-electron chi connectivity index (χ0n) is 11.3. The molecule has 118 valence electrons. The Bertz CT molecular complexity index is 646. The van der Waals surface area contributed by atoms with Crippen molar-refractivity contribution in [2.45, 2.75) is 19.0 Å². The molecule has 0 N–H and O–H groups in total. The molecule has 1 aromatic heterocycles. The van der Waals surface area contributed by atoms with Gasteiger partial charge in [-0.1, -0.05) is 12.1 Å². The number of esters is 1. The van der Waals surface area contributed by atoms with Gasteiger partial charge in [0, 0.05) is 6.42 Å². The van der Waals surface area contributed by atoms with E-state index in [4.69, 9.17) is 4.42 Å². The molecule has 1 heterocycles. The van der Waals surface area contributed by atoms with Gasteiger partial charge in [-0.25, -0.2) is 4.39 Å². The summed E-state index contributed by atoms with van der Waals surface area (Å²) in [6, 6.07) is 9.09. The van der Waals surface area contributed by atoms with E-state index >= 15 is 0 Å². The SMILES string of the molecule is O=C(CCc1ccc(-c2ccccc2F)o1)OCC(F)(F)F. The number of aryl methyl sites for hydroxylation is 1. The maximum Gasteiger partial charge on any atom is 0.422 e.